The van der Waals surface area contributed by atoms with E-state index in [-0.39, 0.29) is 5.63 Å². The summed E-state index contributed by atoms with van der Waals surface area (Å²) in [6.45, 7) is 1.94. The van der Waals surface area contributed by atoms with Crippen LogP contribution in [0.3, 0.4) is 0 Å². The molecule has 1 saturated heterocycles. The van der Waals surface area contributed by atoms with Gasteiger partial charge in [-0.05, 0) is 66.6 Å². The Morgan fingerprint density at radius 1 is 1.03 bits per heavy atom. The van der Waals surface area contributed by atoms with Crippen molar-refractivity contribution in [2.45, 2.75) is 18.9 Å². The summed E-state index contributed by atoms with van der Waals surface area (Å²) in [6, 6.07) is 22.0. The van der Waals surface area contributed by atoms with Crippen LogP contribution in [0.4, 0.5) is 5.69 Å². The Morgan fingerprint density at radius 2 is 1.84 bits per heavy atom. The largest absolute Gasteiger partial charge is 0.423 e. The molecule has 4 nitrogen and oxygen atoms in total. The zero-order valence-corrected chi connectivity index (χ0v) is 19.0. The Labute approximate surface area is 195 Å². The number of nitrogens with one attached hydrogen (secondary N) is 1. The van der Waals surface area contributed by atoms with Crippen LogP contribution in [0, 0.1) is 0 Å². The summed E-state index contributed by atoms with van der Waals surface area (Å²) in [6.07, 6.45) is 6.33. The van der Waals surface area contributed by atoms with Gasteiger partial charge in [0, 0.05) is 35.5 Å². The molecule has 32 heavy (non-hydrogen) atoms. The molecule has 0 aliphatic carbocycles. The van der Waals surface area contributed by atoms with Gasteiger partial charge in [0.25, 0.3) is 0 Å². The fourth-order valence-electron chi connectivity index (χ4n) is 4.07. The van der Waals surface area contributed by atoms with Gasteiger partial charge < -0.3 is 14.6 Å². The molecule has 0 amide bonds. The van der Waals surface area contributed by atoms with Gasteiger partial charge in [0.15, 0.2) is 0 Å². The van der Waals surface area contributed by atoms with Gasteiger partial charge in [-0.3, -0.25) is 0 Å². The topological polar surface area (TPSA) is 45.5 Å². The van der Waals surface area contributed by atoms with E-state index in [0.29, 0.717) is 11.6 Å². The van der Waals surface area contributed by atoms with Crippen LogP contribution in [0.25, 0.3) is 27.5 Å². The van der Waals surface area contributed by atoms with E-state index in [0.717, 1.165) is 51.8 Å². The molecule has 1 aliphatic heterocycles. The number of thiophene rings is 1. The number of anilines is 1. The summed E-state index contributed by atoms with van der Waals surface area (Å²) in [4.78, 5) is 15.6. The summed E-state index contributed by atoms with van der Waals surface area (Å²) in [7, 11) is 0. The number of hydrogen-bond donors (Lipinski definition) is 1. The van der Waals surface area contributed by atoms with Gasteiger partial charge >= 0.3 is 5.63 Å². The van der Waals surface area contributed by atoms with Crippen molar-refractivity contribution < 1.29 is 4.42 Å². The zero-order valence-electron chi connectivity index (χ0n) is 17.5. The minimum Gasteiger partial charge on any atom is -0.423 e. The molecule has 0 saturated carbocycles. The molecule has 1 N–H and O–H groups in total. The van der Waals surface area contributed by atoms with Crippen molar-refractivity contribution in [3.63, 3.8) is 0 Å². The van der Waals surface area contributed by atoms with E-state index >= 15 is 0 Å². The number of fused-ring (bicyclic) bond motifs is 1. The van der Waals surface area contributed by atoms with Crippen molar-refractivity contribution in [3.8, 4) is 10.4 Å². The number of piperidine rings is 1. The molecule has 162 valence electrons. The number of halogens is 1. The average molecular weight is 463 g/mol. The van der Waals surface area contributed by atoms with Crippen LogP contribution < -0.4 is 10.9 Å². The fourth-order valence-corrected chi connectivity index (χ4v) is 5.11. The SMILES string of the molecule is O=c1cc(NC2CCN(/C=C/c3ccccc3)CC2)c2cc(-c3ccc(Cl)s3)ccc2o1. The average Bonchev–Trinajstić information content (AvgIpc) is 3.25. The highest BCUT2D eigenvalue weighted by Crippen LogP contribution is 2.34. The third kappa shape index (κ3) is 4.74. The molecule has 2 aromatic heterocycles. The van der Waals surface area contributed by atoms with E-state index in [1.807, 2.05) is 30.3 Å². The molecule has 2 aromatic carbocycles. The molecular formula is C26H23ClN2O2S. The standard InChI is InChI=1S/C26H23ClN2O2S/c27-25-9-8-24(32-25)19-6-7-23-21(16-19)22(17-26(30)31-23)28-20-11-14-29(15-12-20)13-10-18-4-2-1-3-5-18/h1-10,13,16-17,20,28H,11-12,14-15H2/b13-10+. The van der Waals surface area contributed by atoms with E-state index in [2.05, 4.69) is 52.8 Å². The minimum absolute atomic E-state index is 0.307. The van der Waals surface area contributed by atoms with Crippen LogP contribution in [0.1, 0.15) is 18.4 Å². The molecule has 1 fully saturated rings. The van der Waals surface area contributed by atoms with Crippen molar-refractivity contribution in [3.05, 3.63) is 93.2 Å². The maximum Gasteiger partial charge on any atom is 0.338 e. The maximum absolute atomic E-state index is 12.1. The van der Waals surface area contributed by atoms with E-state index in [9.17, 15) is 4.79 Å². The number of rotatable bonds is 5. The monoisotopic (exact) mass is 462 g/mol. The summed E-state index contributed by atoms with van der Waals surface area (Å²) < 4.78 is 6.20. The van der Waals surface area contributed by atoms with Crippen molar-refractivity contribution in [1.82, 2.24) is 4.90 Å². The summed E-state index contributed by atoms with van der Waals surface area (Å²) in [5.74, 6) is 0. The Kier molecular flexibility index (Phi) is 6.02. The number of nitrogens with zero attached hydrogens (tertiary/aromatic N) is 1. The Morgan fingerprint density at radius 3 is 2.59 bits per heavy atom. The van der Waals surface area contributed by atoms with Gasteiger partial charge in [0.2, 0.25) is 0 Å². The Hall–Kier alpha value is -3.02. The van der Waals surface area contributed by atoms with E-state index in [1.54, 1.807) is 6.07 Å². The quantitative estimate of drug-likeness (QED) is 0.334. The molecule has 0 radical (unpaired) electrons. The lowest BCUT2D eigenvalue weighted by molar-refractivity contribution is 0.295. The smallest absolute Gasteiger partial charge is 0.338 e. The number of likely N-dealkylation sites (tertiary alicyclic amines) is 1. The molecule has 1 aliphatic rings. The van der Waals surface area contributed by atoms with E-state index < -0.39 is 0 Å². The first-order valence-electron chi connectivity index (χ1n) is 10.7. The fraction of sp³-hybridized carbons (Fsp3) is 0.192. The lowest BCUT2D eigenvalue weighted by Gasteiger charge is -2.32. The molecule has 0 spiro atoms. The van der Waals surface area contributed by atoms with Crippen molar-refractivity contribution >= 4 is 45.7 Å². The molecule has 5 rings (SSSR count). The second-order valence-electron chi connectivity index (χ2n) is 7.97. The van der Waals surface area contributed by atoms with Crippen LogP contribution in [0.15, 0.2) is 82.1 Å². The molecule has 0 atom stereocenters. The van der Waals surface area contributed by atoms with Crippen LogP contribution in [-0.4, -0.2) is 24.0 Å². The van der Waals surface area contributed by atoms with Crippen molar-refractivity contribution in [2.24, 2.45) is 0 Å². The third-order valence-electron chi connectivity index (χ3n) is 5.77. The first-order chi connectivity index (χ1) is 15.6. The first-order valence-corrected chi connectivity index (χ1v) is 11.9. The van der Waals surface area contributed by atoms with Crippen LogP contribution in [0.5, 0.6) is 0 Å². The van der Waals surface area contributed by atoms with Crippen molar-refractivity contribution in [2.75, 3.05) is 18.4 Å². The summed E-state index contributed by atoms with van der Waals surface area (Å²) >= 11 is 7.65. The maximum atomic E-state index is 12.1. The molecule has 6 heteroatoms. The van der Waals surface area contributed by atoms with Crippen LogP contribution in [0.2, 0.25) is 4.34 Å². The van der Waals surface area contributed by atoms with E-state index in [4.69, 9.17) is 16.0 Å². The Balaban J connectivity index is 1.32. The number of benzene rings is 2. The predicted molar refractivity (Wildman–Crippen MR) is 135 cm³/mol. The van der Waals surface area contributed by atoms with Gasteiger partial charge in [0.05, 0.1) is 10.0 Å². The summed E-state index contributed by atoms with van der Waals surface area (Å²) in [5, 5.41) is 4.52. The minimum atomic E-state index is -0.338. The molecule has 0 bridgehead atoms. The van der Waals surface area contributed by atoms with E-state index in [1.165, 1.54) is 16.9 Å². The van der Waals surface area contributed by atoms with Gasteiger partial charge in [-0.2, -0.15) is 0 Å². The highest BCUT2D eigenvalue weighted by molar-refractivity contribution is 7.19. The lowest BCUT2D eigenvalue weighted by atomic mass is 10.0. The molecule has 0 unspecified atom stereocenters. The predicted octanol–water partition coefficient (Wildman–Crippen LogP) is 6.72. The van der Waals surface area contributed by atoms with Crippen LogP contribution in [-0.2, 0) is 0 Å². The normalized spacial score (nSPS) is 15.0. The van der Waals surface area contributed by atoms with Gasteiger partial charge in [-0.1, -0.05) is 41.9 Å². The summed E-state index contributed by atoms with van der Waals surface area (Å²) in [5.41, 5.74) is 3.36. The second kappa shape index (κ2) is 9.23. The molecule has 4 aromatic rings. The van der Waals surface area contributed by atoms with Gasteiger partial charge in [-0.15, -0.1) is 11.3 Å². The van der Waals surface area contributed by atoms with Gasteiger partial charge in [-0.25, -0.2) is 4.79 Å². The third-order valence-corrected chi connectivity index (χ3v) is 7.05. The second-order valence-corrected chi connectivity index (χ2v) is 9.69. The van der Waals surface area contributed by atoms with Crippen LogP contribution >= 0.6 is 22.9 Å². The number of hydrogen-bond acceptors (Lipinski definition) is 5. The van der Waals surface area contributed by atoms with Gasteiger partial charge in [0.1, 0.15) is 5.58 Å². The zero-order chi connectivity index (χ0) is 21.9. The highest BCUT2D eigenvalue weighted by Gasteiger charge is 2.19. The Bertz CT molecular complexity index is 1300. The first kappa shape index (κ1) is 20.9. The lowest BCUT2D eigenvalue weighted by Crippen LogP contribution is -2.36. The highest BCUT2D eigenvalue weighted by atomic mass is 35.5. The molecular weight excluding hydrogens is 440 g/mol. The van der Waals surface area contributed by atoms with Crippen molar-refractivity contribution in [1.29, 1.82) is 0 Å². The molecule has 3 heterocycles.